The fraction of sp³-hybridized carbons (Fsp3) is 0.211. The number of thioether (sulfide) groups is 1. The highest BCUT2D eigenvalue weighted by Gasteiger charge is 2.32. The van der Waals surface area contributed by atoms with Crippen molar-refractivity contribution in [1.29, 1.82) is 0 Å². The zero-order valence-electron chi connectivity index (χ0n) is 14.6. The van der Waals surface area contributed by atoms with Gasteiger partial charge in [-0.3, -0.25) is 9.69 Å². The minimum Gasteiger partial charge on any atom is -0.494 e. The van der Waals surface area contributed by atoms with E-state index in [1.807, 2.05) is 49.6 Å². The molecule has 1 amide bonds. The molecule has 0 spiro atoms. The molecule has 1 aromatic carbocycles. The highest BCUT2D eigenvalue weighted by molar-refractivity contribution is 8.18. The fourth-order valence-electron chi connectivity index (χ4n) is 2.33. The quantitative estimate of drug-likeness (QED) is 0.537. The molecule has 3 rings (SSSR count). The zero-order chi connectivity index (χ0) is 18.5. The first-order valence-electron chi connectivity index (χ1n) is 8.16. The molecular weight excluding hydrogens is 366 g/mol. The first kappa shape index (κ1) is 18.4. The van der Waals surface area contributed by atoms with Gasteiger partial charge in [-0.05, 0) is 49.4 Å². The summed E-state index contributed by atoms with van der Waals surface area (Å²) in [4.78, 5) is 23.9. The lowest BCUT2D eigenvalue weighted by molar-refractivity contribution is -0.121. The Bertz CT molecular complexity index is 869. The molecule has 0 N–H and O–H groups in total. The summed E-state index contributed by atoms with van der Waals surface area (Å²) in [6.07, 6.45) is 3.56. The van der Waals surface area contributed by atoms with Crippen molar-refractivity contribution in [3.05, 3.63) is 58.5 Å². The lowest BCUT2D eigenvalue weighted by atomic mass is 10.2. The largest absolute Gasteiger partial charge is 0.494 e. The molecule has 0 bridgehead atoms. The minimum absolute atomic E-state index is 0.0733. The smallest absolute Gasteiger partial charge is 0.267 e. The Morgan fingerprint density at radius 1 is 1.35 bits per heavy atom. The van der Waals surface area contributed by atoms with Gasteiger partial charge in [0.1, 0.15) is 5.75 Å². The Morgan fingerprint density at radius 3 is 2.73 bits per heavy atom. The summed E-state index contributed by atoms with van der Waals surface area (Å²) in [5.41, 5.74) is 1.86. The highest BCUT2D eigenvalue weighted by Crippen LogP contribution is 2.34. The van der Waals surface area contributed by atoms with Crippen LogP contribution in [-0.4, -0.2) is 34.1 Å². The van der Waals surface area contributed by atoms with E-state index < -0.39 is 0 Å². The van der Waals surface area contributed by atoms with Gasteiger partial charge in [-0.2, -0.15) is 4.99 Å². The van der Waals surface area contributed by atoms with Crippen LogP contribution in [0.5, 0.6) is 5.75 Å². The number of ether oxygens (including phenoxy) is 1. The average Bonchev–Trinajstić information content (AvgIpc) is 3.16. The zero-order valence-corrected chi connectivity index (χ0v) is 16.3. The molecule has 2 aromatic rings. The van der Waals surface area contributed by atoms with Crippen LogP contribution in [0.25, 0.3) is 6.08 Å². The minimum atomic E-state index is -0.0733. The molecule has 1 fully saturated rings. The van der Waals surface area contributed by atoms with Crippen molar-refractivity contribution in [3.63, 3.8) is 0 Å². The van der Waals surface area contributed by atoms with Gasteiger partial charge in [0.15, 0.2) is 5.17 Å². The third-order valence-corrected chi connectivity index (χ3v) is 5.35. The van der Waals surface area contributed by atoms with Gasteiger partial charge >= 0.3 is 0 Å². The third-order valence-electron chi connectivity index (χ3n) is 3.49. The predicted molar refractivity (Wildman–Crippen MR) is 109 cm³/mol. The first-order valence-corrected chi connectivity index (χ1v) is 9.86. The SMILES string of the molecule is C=CCN1C(=O)/C(=C/c2ccc(OCC)cc2)S/C1=N/c1nc(C)cs1. The van der Waals surface area contributed by atoms with E-state index in [9.17, 15) is 4.79 Å². The molecule has 1 aliphatic heterocycles. The number of benzene rings is 1. The van der Waals surface area contributed by atoms with Crippen LogP contribution in [0.3, 0.4) is 0 Å². The second kappa shape index (κ2) is 8.33. The average molecular weight is 386 g/mol. The molecule has 0 unspecified atom stereocenters. The van der Waals surface area contributed by atoms with Crippen molar-refractivity contribution in [3.8, 4) is 5.75 Å². The van der Waals surface area contributed by atoms with Gasteiger partial charge in [-0.25, -0.2) is 4.98 Å². The number of aliphatic imine (C=N–C) groups is 1. The number of aromatic nitrogens is 1. The highest BCUT2D eigenvalue weighted by atomic mass is 32.2. The molecule has 1 aromatic heterocycles. The van der Waals surface area contributed by atoms with Crippen LogP contribution in [0.2, 0.25) is 0 Å². The van der Waals surface area contributed by atoms with Crippen molar-refractivity contribution in [2.45, 2.75) is 13.8 Å². The standard InChI is InChI=1S/C19H19N3O2S2/c1-4-10-22-17(23)16(11-14-6-8-15(9-7-14)24-5-2)26-19(22)21-18-20-13(3)12-25-18/h4,6-9,11-12H,1,5,10H2,2-3H3/b16-11-,21-19+. The molecule has 0 radical (unpaired) electrons. The van der Waals surface area contributed by atoms with Gasteiger partial charge in [-0.1, -0.05) is 18.2 Å². The van der Waals surface area contributed by atoms with E-state index >= 15 is 0 Å². The van der Waals surface area contributed by atoms with E-state index in [0.29, 0.717) is 28.4 Å². The molecule has 134 valence electrons. The maximum atomic E-state index is 12.7. The summed E-state index contributed by atoms with van der Waals surface area (Å²) in [6, 6.07) is 7.66. The number of carbonyl (C=O) groups is 1. The van der Waals surface area contributed by atoms with E-state index in [2.05, 4.69) is 16.6 Å². The fourth-order valence-corrected chi connectivity index (χ4v) is 4.05. The lowest BCUT2D eigenvalue weighted by Gasteiger charge is -2.11. The van der Waals surface area contributed by atoms with Crippen LogP contribution in [0, 0.1) is 6.92 Å². The van der Waals surface area contributed by atoms with E-state index in [1.54, 1.807) is 11.0 Å². The molecule has 0 aliphatic carbocycles. The number of aryl methyl sites for hydroxylation is 1. The molecular formula is C19H19N3O2S2. The van der Waals surface area contributed by atoms with Crippen molar-refractivity contribution in [1.82, 2.24) is 9.88 Å². The molecule has 1 saturated heterocycles. The van der Waals surface area contributed by atoms with E-state index in [4.69, 9.17) is 4.74 Å². The number of amidine groups is 1. The Hall–Kier alpha value is -2.38. The predicted octanol–water partition coefficient (Wildman–Crippen LogP) is 4.64. The van der Waals surface area contributed by atoms with Crippen LogP contribution in [0.1, 0.15) is 18.2 Å². The van der Waals surface area contributed by atoms with Crippen molar-refractivity contribution in [2.24, 2.45) is 4.99 Å². The number of carbonyl (C=O) groups excluding carboxylic acids is 1. The van der Waals surface area contributed by atoms with Gasteiger partial charge in [0.25, 0.3) is 5.91 Å². The molecule has 7 heteroatoms. The van der Waals surface area contributed by atoms with Crippen molar-refractivity contribution < 1.29 is 9.53 Å². The summed E-state index contributed by atoms with van der Waals surface area (Å²) in [7, 11) is 0. The topological polar surface area (TPSA) is 54.8 Å². The summed E-state index contributed by atoms with van der Waals surface area (Å²) in [5.74, 6) is 0.741. The van der Waals surface area contributed by atoms with E-state index in [0.717, 1.165) is 17.0 Å². The second-order valence-electron chi connectivity index (χ2n) is 5.48. The molecule has 0 atom stereocenters. The van der Waals surface area contributed by atoms with Crippen LogP contribution in [-0.2, 0) is 4.79 Å². The molecule has 0 saturated carbocycles. The van der Waals surface area contributed by atoms with E-state index in [1.165, 1.54) is 23.1 Å². The number of thiazole rings is 1. The second-order valence-corrected chi connectivity index (χ2v) is 7.33. The van der Waals surface area contributed by atoms with Gasteiger partial charge < -0.3 is 4.74 Å². The molecule has 1 aliphatic rings. The maximum Gasteiger partial charge on any atom is 0.267 e. The number of hydrogen-bond donors (Lipinski definition) is 0. The summed E-state index contributed by atoms with van der Waals surface area (Å²) in [5, 5.41) is 3.21. The summed E-state index contributed by atoms with van der Waals surface area (Å²) in [6.45, 7) is 8.64. The molecule has 5 nitrogen and oxygen atoms in total. The monoisotopic (exact) mass is 385 g/mol. The normalized spacial score (nSPS) is 17.3. The van der Waals surface area contributed by atoms with Crippen LogP contribution >= 0.6 is 23.1 Å². The van der Waals surface area contributed by atoms with Gasteiger partial charge in [0, 0.05) is 11.9 Å². The van der Waals surface area contributed by atoms with Crippen LogP contribution < -0.4 is 4.74 Å². The number of hydrogen-bond acceptors (Lipinski definition) is 6. The Labute approximate surface area is 161 Å². The Kier molecular flexibility index (Phi) is 5.90. The lowest BCUT2D eigenvalue weighted by Crippen LogP contribution is -2.29. The first-order chi connectivity index (χ1) is 12.6. The van der Waals surface area contributed by atoms with Gasteiger partial charge in [-0.15, -0.1) is 17.9 Å². The number of amides is 1. The van der Waals surface area contributed by atoms with E-state index in [-0.39, 0.29) is 5.91 Å². The van der Waals surface area contributed by atoms with Gasteiger partial charge in [0.05, 0.1) is 17.2 Å². The summed E-state index contributed by atoms with van der Waals surface area (Å²) >= 11 is 2.82. The van der Waals surface area contributed by atoms with Crippen LogP contribution in [0.15, 0.2) is 52.2 Å². The maximum absolute atomic E-state index is 12.7. The van der Waals surface area contributed by atoms with Crippen molar-refractivity contribution in [2.75, 3.05) is 13.2 Å². The Balaban J connectivity index is 1.87. The van der Waals surface area contributed by atoms with Gasteiger partial charge in [0.2, 0.25) is 5.13 Å². The third kappa shape index (κ3) is 4.23. The van der Waals surface area contributed by atoms with Crippen molar-refractivity contribution >= 4 is 45.4 Å². The summed E-state index contributed by atoms with van der Waals surface area (Å²) < 4.78 is 5.45. The van der Waals surface area contributed by atoms with Crippen LogP contribution in [0.4, 0.5) is 5.13 Å². The number of rotatable bonds is 6. The number of nitrogens with zero attached hydrogens (tertiary/aromatic N) is 3. The molecule has 26 heavy (non-hydrogen) atoms. The Morgan fingerprint density at radius 2 is 2.12 bits per heavy atom. The molecule has 2 heterocycles.